The largest absolute Gasteiger partial charge is 0.349 e. The standard InChI is InChI=1S/C10H10N2O3/c1-6-4-7-2-3-8(12(14)15)5-9(7)10(13)11-6/h2-3,5-6H,4H2,1H3,(H,11,13)/t6-/m1/s1. The summed E-state index contributed by atoms with van der Waals surface area (Å²) in [6.07, 6.45) is 0.721. The van der Waals surface area contributed by atoms with Crippen LogP contribution >= 0.6 is 0 Å². The Morgan fingerprint density at radius 3 is 2.93 bits per heavy atom. The van der Waals surface area contributed by atoms with E-state index in [1.54, 1.807) is 6.07 Å². The van der Waals surface area contributed by atoms with E-state index < -0.39 is 4.92 Å². The van der Waals surface area contributed by atoms with Crippen LogP contribution in [0.4, 0.5) is 5.69 Å². The van der Waals surface area contributed by atoms with Gasteiger partial charge in [0.2, 0.25) is 0 Å². The second-order valence-corrected chi connectivity index (χ2v) is 3.68. The van der Waals surface area contributed by atoms with E-state index in [0.717, 1.165) is 12.0 Å². The first-order valence-corrected chi connectivity index (χ1v) is 4.66. The number of rotatable bonds is 1. The van der Waals surface area contributed by atoms with Crippen molar-refractivity contribution in [2.45, 2.75) is 19.4 Å². The maximum Gasteiger partial charge on any atom is 0.270 e. The van der Waals surface area contributed by atoms with Gasteiger partial charge in [-0.1, -0.05) is 6.07 Å². The van der Waals surface area contributed by atoms with Crippen molar-refractivity contribution in [3.05, 3.63) is 39.4 Å². The van der Waals surface area contributed by atoms with Gasteiger partial charge < -0.3 is 5.32 Å². The molecule has 1 aromatic rings. The van der Waals surface area contributed by atoms with Crippen LogP contribution in [-0.4, -0.2) is 16.9 Å². The molecule has 0 radical (unpaired) electrons. The maximum absolute atomic E-state index is 11.5. The smallest absolute Gasteiger partial charge is 0.270 e. The minimum Gasteiger partial charge on any atom is -0.349 e. The van der Waals surface area contributed by atoms with E-state index >= 15 is 0 Å². The van der Waals surface area contributed by atoms with Crippen molar-refractivity contribution in [1.29, 1.82) is 0 Å². The Morgan fingerprint density at radius 1 is 1.53 bits per heavy atom. The van der Waals surface area contributed by atoms with Crippen LogP contribution in [-0.2, 0) is 6.42 Å². The second kappa shape index (κ2) is 3.34. The number of carbonyl (C=O) groups excluding carboxylic acids is 1. The van der Waals surface area contributed by atoms with Gasteiger partial charge in [-0.3, -0.25) is 14.9 Å². The predicted octanol–water partition coefficient (Wildman–Crippen LogP) is 1.27. The van der Waals surface area contributed by atoms with Gasteiger partial charge in [-0.15, -0.1) is 0 Å². The van der Waals surface area contributed by atoms with Gasteiger partial charge in [0.25, 0.3) is 11.6 Å². The van der Waals surface area contributed by atoms with Gasteiger partial charge in [0.15, 0.2) is 0 Å². The molecule has 1 aromatic carbocycles. The quantitative estimate of drug-likeness (QED) is 0.555. The van der Waals surface area contributed by atoms with Crippen molar-refractivity contribution in [2.75, 3.05) is 0 Å². The van der Waals surface area contributed by atoms with Crippen LogP contribution in [0.3, 0.4) is 0 Å². The highest BCUT2D eigenvalue weighted by Gasteiger charge is 2.23. The molecule has 1 amide bonds. The number of non-ortho nitro benzene ring substituents is 1. The molecule has 5 heteroatoms. The van der Waals surface area contributed by atoms with Crippen LogP contribution in [0.1, 0.15) is 22.8 Å². The van der Waals surface area contributed by atoms with E-state index in [2.05, 4.69) is 5.32 Å². The third-order valence-electron chi connectivity index (χ3n) is 2.45. The highest BCUT2D eigenvalue weighted by atomic mass is 16.6. The van der Waals surface area contributed by atoms with Crippen LogP contribution in [0, 0.1) is 10.1 Å². The predicted molar refractivity (Wildman–Crippen MR) is 53.7 cm³/mol. The van der Waals surface area contributed by atoms with E-state index in [1.807, 2.05) is 6.92 Å². The molecule has 15 heavy (non-hydrogen) atoms. The number of nitrogens with zero attached hydrogens (tertiary/aromatic N) is 1. The topological polar surface area (TPSA) is 72.2 Å². The van der Waals surface area contributed by atoms with Crippen molar-refractivity contribution in [3.63, 3.8) is 0 Å². The lowest BCUT2D eigenvalue weighted by atomic mass is 9.95. The summed E-state index contributed by atoms with van der Waals surface area (Å²) in [6, 6.07) is 4.51. The van der Waals surface area contributed by atoms with Gasteiger partial charge in [0, 0.05) is 23.7 Å². The molecule has 0 spiro atoms. The summed E-state index contributed by atoms with van der Waals surface area (Å²) in [5.74, 6) is -0.229. The highest BCUT2D eigenvalue weighted by molar-refractivity contribution is 5.97. The average Bonchev–Trinajstić information content (AvgIpc) is 2.16. The molecular weight excluding hydrogens is 196 g/mol. The molecule has 0 saturated carbocycles. The summed E-state index contributed by atoms with van der Waals surface area (Å²) in [4.78, 5) is 21.6. The molecule has 5 nitrogen and oxygen atoms in total. The molecule has 1 aliphatic rings. The maximum atomic E-state index is 11.5. The summed E-state index contributed by atoms with van der Waals surface area (Å²) in [5, 5.41) is 13.3. The first kappa shape index (κ1) is 9.64. The normalized spacial score (nSPS) is 19.3. The Kier molecular flexibility index (Phi) is 2.15. The third-order valence-corrected chi connectivity index (χ3v) is 2.45. The van der Waals surface area contributed by atoms with Crippen LogP contribution in [0.5, 0.6) is 0 Å². The molecule has 1 N–H and O–H groups in total. The van der Waals surface area contributed by atoms with Crippen LogP contribution < -0.4 is 5.32 Å². The fourth-order valence-corrected chi connectivity index (χ4v) is 1.75. The third kappa shape index (κ3) is 1.68. The van der Waals surface area contributed by atoms with Crippen LogP contribution in [0.15, 0.2) is 18.2 Å². The molecule has 1 heterocycles. The first-order chi connectivity index (χ1) is 7.08. The Labute approximate surface area is 86.2 Å². The fraction of sp³-hybridized carbons (Fsp3) is 0.300. The van der Waals surface area contributed by atoms with E-state index in [-0.39, 0.29) is 17.6 Å². The molecule has 1 aliphatic heterocycles. The number of amides is 1. The summed E-state index contributed by atoms with van der Waals surface area (Å²) >= 11 is 0. The minimum absolute atomic E-state index is 0.0431. The number of nitrogens with one attached hydrogen (secondary N) is 1. The summed E-state index contributed by atoms with van der Waals surface area (Å²) in [7, 11) is 0. The van der Waals surface area contributed by atoms with Crippen LogP contribution in [0.2, 0.25) is 0 Å². The van der Waals surface area contributed by atoms with E-state index in [0.29, 0.717) is 5.56 Å². The SMILES string of the molecule is C[C@@H]1Cc2ccc([N+](=O)[O-])cc2C(=O)N1. The Balaban J connectivity index is 2.48. The molecule has 0 saturated heterocycles. The number of nitro groups is 1. The zero-order chi connectivity index (χ0) is 11.0. The van der Waals surface area contributed by atoms with Crippen molar-refractivity contribution in [2.24, 2.45) is 0 Å². The molecule has 1 atom stereocenters. The van der Waals surface area contributed by atoms with Crippen molar-refractivity contribution in [1.82, 2.24) is 5.32 Å². The molecule has 0 unspecified atom stereocenters. The van der Waals surface area contributed by atoms with Gasteiger partial charge >= 0.3 is 0 Å². The summed E-state index contributed by atoms with van der Waals surface area (Å²) < 4.78 is 0. The van der Waals surface area contributed by atoms with Gasteiger partial charge in [-0.25, -0.2) is 0 Å². The molecular formula is C10H10N2O3. The van der Waals surface area contributed by atoms with Crippen molar-refractivity contribution in [3.8, 4) is 0 Å². The summed E-state index contributed by atoms with van der Waals surface area (Å²) in [6.45, 7) is 1.91. The zero-order valence-electron chi connectivity index (χ0n) is 8.19. The average molecular weight is 206 g/mol. The van der Waals surface area contributed by atoms with Gasteiger partial charge in [-0.2, -0.15) is 0 Å². The number of hydrogen-bond acceptors (Lipinski definition) is 3. The lowest BCUT2D eigenvalue weighted by Gasteiger charge is -2.21. The van der Waals surface area contributed by atoms with Gasteiger partial charge in [0.1, 0.15) is 0 Å². The molecule has 78 valence electrons. The molecule has 2 rings (SSSR count). The van der Waals surface area contributed by atoms with Gasteiger partial charge in [-0.05, 0) is 18.9 Å². The van der Waals surface area contributed by atoms with Gasteiger partial charge in [0.05, 0.1) is 4.92 Å². The number of carbonyl (C=O) groups is 1. The minimum atomic E-state index is -0.494. The molecule has 0 aromatic heterocycles. The molecule has 0 aliphatic carbocycles. The first-order valence-electron chi connectivity index (χ1n) is 4.66. The Bertz CT molecular complexity index is 442. The number of fused-ring (bicyclic) bond motifs is 1. The lowest BCUT2D eigenvalue weighted by molar-refractivity contribution is -0.384. The lowest BCUT2D eigenvalue weighted by Crippen LogP contribution is -2.39. The number of hydrogen-bond donors (Lipinski definition) is 1. The van der Waals surface area contributed by atoms with E-state index in [4.69, 9.17) is 0 Å². The van der Waals surface area contributed by atoms with Crippen molar-refractivity contribution >= 4 is 11.6 Å². The monoisotopic (exact) mass is 206 g/mol. The van der Waals surface area contributed by atoms with E-state index in [9.17, 15) is 14.9 Å². The summed E-state index contributed by atoms with van der Waals surface area (Å²) in [5.41, 5.74) is 1.25. The van der Waals surface area contributed by atoms with Crippen LogP contribution in [0.25, 0.3) is 0 Å². The highest BCUT2D eigenvalue weighted by Crippen LogP contribution is 2.22. The fourth-order valence-electron chi connectivity index (χ4n) is 1.75. The number of nitro benzene ring substituents is 1. The second-order valence-electron chi connectivity index (χ2n) is 3.68. The zero-order valence-corrected chi connectivity index (χ0v) is 8.19. The van der Waals surface area contributed by atoms with Crippen molar-refractivity contribution < 1.29 is 9.72 Å². The van der Waals surface area contributed by atoms with E-state index in [1.165, 1.54) is 12.1 Å². The Hall–Kier alpha value is -1.91. The molecule has 0 bridgehead atoms. The molecule has 0 fully saturated rings. The number of benzene rings is 1. The Morgan fingerprint density at radius 2 is 2.27 bits per heavy atom.